The molecular formula is C13H19ClN2O2S2. The molecule has 0 aliphatic rings. The Bertz CT molecular complexity index is 588. The van der Waals surface area contributed by atoms with E-state index in [1.807, 2.05) is 6.92 Å². The van der Waals surface area contributed by atoms with E-state index in [0.717, 1.165) is 19.3 Å². The minimum atomic E-state index is -3.63. The highest BCUT2D eigenvalue weighted by Crippen LogP contribution is 2.23. The van der Waals surface area contributed by atoms with Gasteiger partial charge in [-0.3, -0.25) is 0 Å². The van der Waals surface area contributed by atoms with Gasteiger partial charge in [-0.1, -0.05) is 49.7 Å². The van der Waals surface area contributed by atoms with E-state index in [1.165, 1.54) is 12.1 Å². The van der Waals surface area contributed by atoms with Gasteiger partial charge in [0.2, 0.25) is 10.0 Å². The number of hydrogen-bond donors (Lipinski definition) is 2. The summed E-state index contributed by atoms with van der Waals surface area (Å²) >= 11 is 10.8. The third kappa shape index (κ3) is 4.70. The predicted molar refractivity (Wildman–Crippen MR) is 86.6 cm³/mol. The van der Waals surface area contributed by atoms with Gasteiger partial charge in [-0.15, -0.1) is 0 Å². The van der Waals surface area contributed by atoms with Crippen LogP contribution in [0.1, 0.15) is 38.7 Å². The van der Waals surface area contributed by atoms with Gasteiger partial charge in [0, 0.05) is 11.6 Å². The topological polar surface area (TPSA) is 72.2 Å². The fraction of sp³-hybridized carbons (Fsp3) is 0.462. The van der Waals surface area contributed by atoms with Crippen molar-refractivity contribution in [2.45, 2.75) is 44.0 Å². The molecule has 0 aromatic heterocycles. The number of sulfonamides is 1. The molecular weight excluding hydrogens is 316 g/mol. The number of unbranched alkanes of at least 4 members (excludes halogenated alkanes) is 1. The molecule has 0 heterocycles. The van der Waals surface area contributed by atoms with Crippen molar-refractivity contribution in [3.05, 3.63) is 28.8 Å². The Morgan fingerprint density at radius 1 is 1.50 bits per heavy atom. The Morgan fingerprint density at radius 3 is 2.65 bits per heavy atom. The summed E-state index contributed by atoms with van der Waals surface area (Å²) in [5.41, 5.74) is 6.03. The van der Waals surface area contributed by atoms with Crippen LogP contribution in [-0.2, 0) is 10.0 Å². The van der Waals surface area contributed by atoms with Crippen molar-refractivity contribution in [1.82, 2.24) is 4.72 Å². The van der Waals surface area contributed by atoms with Crippen LogP contribution in [0.2, 0.25) is 5.02 Å². The van der Waals surface area contributed by atoms with Gasteiger partial charge >= 0.3 is 0 Å². The quantitative estimate of drug-likeness (QED) is 0.752. The van der Waals surface area contributed by atoms with Crippen LogP contribution in [0.3, 0.4) is 0 Å². The first-order chi connectivity index (χ1) is 9.27. The van der Waals surface area contributed by atoms with Gasteiger partial charge in [0.1, 0.15) is 9.88 Å². The molecule has 0 saturated carbocycles. The van der Waals surface area contributed by atoms with Gasteiger partial charge in [-0.2, -0.15) is 0 Å². The molecule has 4 nitrogen and oxygen atoms in total. The molecule has 1 atom stereocenters. The molecule has 0 amide bonds. The fourth-order valence-electron chi connectivity index (χ4n) is 1.77. The van der Waals surface area contributed by atoms with Gasteiger partial charge in [0.05, 0.1) is 5.02 Å². The maximum Gasteiger partial charge on any atom is 0.242 e. The van der Waals surface area contributed by atoms with Crippen molar-refractivity contribution in [2.75, 3.05) is 0 Å². The molecule has 7 heteroatoms. The van der Waals surface area contributed by atoms with Gasteiger partial charge in [0.25, 0.3) is 0 Å². The lowest BCUT2D eigenvalue weighted by atomic mass is 10.2. The van der Waals surface area contributed by atoms with E-state index in [1.54, 1.807) is 6.07 Å². The molecule has 0 spiro atoms. The number of hydrogen-bond acceptors (Lipinski definition) is 3. The number of thiocarbonyl (C=S) groups is 1. The highest BCUT2D eigenvalue weighted by molar-refractivity contribution is 7.89. The predicted octanol–water partition coefficient (Wildman–Crippen LogP) is 2.83. The van der Waals surface area contributed by atoms with Gasteiger partial charge in [-0.05, 0) is 25.5 Å². The van der Waals surface area contributed by atoms with E-state index < -0.39 is 10.0 Å². The number of nitrogens with one attached hydrogen (secondary N) is 1. The Hall–Kier alpha value is -0.690. The SMILES string of the molecule is CCCCC(C)NS(=O)(=O)c1ccc(C(N)=S)cc1Cl. The smallest absolute Gasteiger partial charge is 0.242 e. The molecule has 0 fully saturated rings. The molecule has 0 aliphatic carbocycles. The fourth-order valence-corrected chi connectivity index (χ4v) is 3.72. The molecule has 1 rings (SSSR count). The molecule has 0 bridgehead atoms. The molecule has 3 N–H and O–H groups in total. The van der Waals surface area contributed by atoms with E-state index in [9.17, 15) is 8.42 Å². The number of nitrogens with two attached hydrogens (primary N) is 1. The van der Waals surface area contributed by atoms with E-state index in [0.29, 0.717) is 5.56 Å². The normalized spacial score (nSPS) is 13.2. The number of halogens is 1. The monoisotopic (exact) mass is 334 g/mol. The molecule has 1 unspecified atom stereocenters. The first-order valence-corrected chi connectivity index (χ1v) is 8.66. The maximum atomic E-state index is 12.2. The van der Waals surface area contributed by atoms with Gasteiger partial charge in [-0.25, -0.2) is 13.1 Å². The summed E-state index contributed by atoms with van der Waals surface area (Å²) in [6, 6.07) is 4.31. The van der Waals surface area contributed by atoms with Crippen LogP contribution in [-0.4, -0.2) is 19.4 Å². The third-order valence-corrected chi connectivity index (χ3v) is 5.16. The third-order valence-electron chi connectivity index (χ3n) is 2.85. The molecule has 112 valence electrons. The van der Waals surface area contributed by atoms with Crippen molar-refractivity contribution in [1.29, 1.82) is 0 Å². The Kier molecular flexibility index (Phi) is 6.39. The highest BCUT2D eigenvalue weighted by atomic mass is 35.5. The summed E-state index contributed by atoms with van der Waals surface area (Å²) in [5, 5.41) is 0.116. The van der Waals surface area contributed by atoms with Crippen LogP contribution in [0, 0.1) is 0 Å². The molecule has 0 saturated heterocycles. The van der Waals surface area contributed by atoms with Crippen molar-refractivity contribution < 1.29 is 8.42 Å². The summed E-state index contributed by atoms with van der Waals surface area (Å²) in [7, 11) is -3.63. The second-order valence-electron chi connectivity index (χ2n) is 4.67. The zero-order valence-electron chi connectivity index (χ0n) is 11.5. The minimum Gasteiger partial charge on any atom is -0.389 e. The zero-order chi connectivity index (χ0) is 15.3. The first-order valence-electron chi connectivity index (χ1n) is 6.39. The van der Waals surface area contributed by atoms with E-state index in [2.05, 4.69) is 11.6 Å². The lowest BCUT2D eigenvalue weighted by molar-refractivity contribution is 0.534. The summed E-state index contributed by atoms with van der Waals surface area (Å²) in [6.45, 7) is 3.90. The van der Waals surface area contributed by atoms with Crippen LogP contribution in [0.25, 0.3) is 0 Å². The van der Waals surface area contributed by atoms with Crippen LogP contribution < -0.4 is 10.5 Å². The molecule has 1 aromatic carbocycles. The second kappa shape index (κ2) is 7.36. The summed E-state index contributed by atoms with van der Waals surface area (Å²) in [4.78, 5) is 0.225. The summed E-state index contributed by atoms with van der Waals surface area (Å²) < 4.78 is 27.1. The van der Waals surface area contributed by atoms with Crippen LogP contribution >= 0.6 is 23.8 Å². The minimum absolute atomic E-state index is 0.0440. The Balaban J connectivity index is 2.95. The average molecular weight is 335 g/mol. The van der Waals surface area contributed by atoms with Crippen molar-refractivity contribution in [3.63, 3.8) is 0 Å². The average Bonchev–Trinajstić information content (AvgIpc) is 2.35. The van der Waals surface area contributed by atoms with E-state index in [-0.39, 0.29) is 20.9 Å². The largest absolute Gasteiger partial charge is 0.389 e. The number of rotatable bonds is 7. The Labute approximate surface area is 130 Å². The highest BCUT2D eigenvalue weighted by Gasteiger charge is 2.20. The first kappa shape index (κ1) is 17.4. The zero-order valence-corrected chi connectivity index (χ0v) is 13.9. The maximum absolute atomic E-state index is 12.2. The van der Waals surface area contributed by atoms with Crippen LogP contribution in [0.15, 0.2) is 23.1 Å². The van der Waals surface area contributed by atoms with Gasteiger partial charge in [0.15, 0.2) is 0 Å². The standard InChI is InChI=1S/C13H19ClN2O2S2/c1-3-4-5-9(2)16-20(17,18)12-7-6-10(13(15)19)8-11(12)14/h6-9,16H,3-5H2,1-2H3,(H2,15,19). The van der Waals surface area contributed by atoms with Crippen LogP contribution in [0.4, 0.5) is 0 Å². The molecule has 1 aromatic rings. The Morgan fingerprint density at radius 2 is 2.15 bits per heavy atom. The molecule has 0 radical (unpaired) electrons. The lowest BCUT2D eigenvalue weighted by Gasteiger charge is -2.15. The van der Waals surface area contributed by atoms with E-state index in [4.69, 9.17) is 29.6 Å². The van der Waals surface area contributed by atoms with Crippen LogP contribution in [0.5, 0.6) is 0 Å². The number of benzene rings is 1. The van der Waals surface area contributed by atoms with Crippen molar-refractivity contribution in [3.8, 4) is 0 Å². The summed E-state index contributed by atoms with van der Waals surface area (Å²) in [6.07, 6.45) is 2.78. The lowest BCUT2D eigenvalue weighted by Crippen LogP contribution is -2.32. The second-order valence-corrected chi connectivity index (χ2v) is 7.20. The molecule has 0 aliphatic heterocycles. The summed E-state index contributed by atoms with van der Waals surface area (Å²) in [5.74, 6) is 0. The van der Waals surface area contributed by atoms with Crippen molar-refractivity contribution in [2.24, 2.45) is 5.73 Å². The van der Waals surface area contributed by atoms with E-state index >= 15 is 0 Å². The molecule has 20 heavy (non-hydrogen) atoms. The van der Waals surface area contributed by atoms with Gasteiger partial charge < -0.3 is 5.73 Å². The van der Waals surface area contributed by atoms with Crippen molar-refractivity contribution >= 4 is 38.8 Å².